The molecule has 174 valence electrons. The molecule has 0 bridgehead atoms. The molecule has 0 amide bonds. The molecule has 5 N–H and O–H groups in total. The maximum absolute atomic E-state index is 13.4. The van der Waals surface area contributed by atoms with Crippen LogP contribution in [0.4, 0.5) is 11.8 Å². The largest absolute Gasteiger partial charge is 0.468 e. The molecule has 3 aromatic rings. The molecule has 1 aliphatic carbocycles. The highest BCUT2D eigenvalue weighted by Crippen LogP contribution is 2.48. The summed E-state index contributed by atoms with van der Waals surface area (Å²) in [5.41, 5.74) is 13.5. The number of nitrogens with one attached hydrogen (secondary N) is 1. The molecule has 2 unspecified atom stereocenters. The van der Waals surface area contributed by atoms with Crippen LogP contribution < -0.4 is 21.1 Å². The van der Waals surface area contributed by atoms with E-state index < -0.39 is 19.8 Å². The summed E-state index contributed by atoms with van der Waals surface area (Å²) < 4.78 is 31.1. The van der Waals surface area contributed by atoms with Crippen molar-refractivity contribution in [3.8, 4) is 5.75 Å². The van der Waals surface area contributed by atoms with E-state index >= 15 is 0 Å². The van der Waals surface area contributed by atoms with Crippen LogP contribution in [0.5, 0.6) is 5.75 Å². The summed E-state index contributed by atoms with van der Waals surface area (Å²) in [6.07, 6.45) is 4.14. The van der Waals surface area contributed by atoms with E-state index in [0.717, 1.165) is 5.57 Å². The first-order valence-electron chi connectivity index (χ1n) is 10.1. The number of rotatable bonds is 9. The van der Waals surface area contributed by atoms with Crippen molar-refractivity contribution >= 4 is 42.8 Å². The molecule has 33 heavy (non-hydrogen) atoms. The van der Waals surface area contributed by atoms with Crippen LogP contribution in [0.3, 0.4) is 0 Å². The lowest BCUT2D eigenvalue weighted by Crippen LogP contribution is -2.34. The third-order valence-electron chi connectivity index (χ3n) is 4.94. The SMILES string of the molecule is COC(=O)C(C)NP(=O)(OC[C@@H]1C/C1=C/n1cnc2c(N)nc(N)nc21)Oc1ccccc1. The second kappa shape index (κ2) is 9.18. The Kier molecular flexibility index (Phi) is 6.32. The molecule has 1 aromatic carbocycles. The number of esters is 1. The van der Waals surface area contributed by atoms with Gasteiger partial charge >= 0.3 is 13.7 Å². The number of para-hydroxylation sites is 1. The smallest absolute Gasteiger partial charge is 0.459 e. The monoisotopic (exact) mass is 473 g/mol. The minimum absolute atomic E-state index is 0.00177. The van der Waals surface area contributed by atoms with Crippen LogP contribution in [0.2, 0.25) is 0 Å². The van der Waals surface area contributed by atoms with Gasteiger partial charge in [-0.25, -0.2) is 9.55 Å². The van der Waals surface area contributed by atoms with Crippen molar-refractivity contribution < 1.29 is 23.1 Å². The van der Waals surface area contributed by atoms with Gasteiger partial charge in [0.15, 0.2) is 17.0 Å². The summed E-state index contributed by atoms with van der Waals surface area (Å²) in [6.45, 7) is 1.63. The van der Waals surface area contributed by atoms with Gasteiger partial charge in [-0.3, -0.25) is 13.9 Å². The molecule has 12 nitrogen and oxygen atoms in total. The van der Waals surface area contributed by atoms with Crippen LogP contribution in [0, 0.1) is 5.92 Å². The second-order valence-electron chi connectivity index (χ2n) is 7.47. The number of hydrogen-bond donors (Lipinski definition) is 3. The Morgan fingerprint density at radius 1 is 1.33 bits per heavy atom. The normalized spacial score (nSPS) is 19.2. The maximum Gasteiger partial charge on any atom is 0.459 e. The summed E-state index contributed by atoms with van der Waals surface area (Å²) in [4.78, 5) is 24.1. The van der Waals surface area contributed by atoms with Crippen molar-refractivity contribution in [3.63, 3.8) is 0 Å². The second-order valence-corrected chi connectivity index (χ2v) is 9.16. The molecule has 1 aliphatic rings. The van der Waals surface area contributed by atoms with Gasteiger partial charge in [0.1, 0.15) is 18.1 Å². The Morgan fingerprint density at radius 3 is 2.82 bits per heavy atom. The van der Waals surface area contributed by atoms with E-state index in [9.17, 15) is 9.36 Å². The van der Waals surface area contributed by atoms with Gasteiger partial charge in [0.05, 0.1) is 13.7 Å². The minimum atomic E-state index is -3.88. The van der Waals surface area contributed by atoms with Crippen molar-refractivity contribution in [2.24, 2.45) is 5.92 Å². The molecule has 2 heterocycles. The molecule has 1 saturated carbocycles. The average Bonchev–Trinajstić information content (AvgIpc) is 3.41. The summed E-state index contributed by atoms with van der Waals surface area (Å²) in [6, 6.07) is 7.68. The number of hydrogen-bond acceptors (Lipinski definition) is 10. The standard InChI is InChI=1S/C20H24N7O5P/c1-12(19(28)30-2)26-33(29,32-15-6-4-3-5-7-15)31-10-14-8-13(14)9-27-11-23-16-17(21)24-20(22)25-18(16)27/h3-7,9,11-12,14H,8,10H2,1-2H3,(H,26,29)(H4,21,22,24,25)/b13-9-/t12?,14-,33?/m0/s1. The fourth-order valence-electron chi connectivity index (χ4n) is 3.14. The van der Waals surface area contributed by atoms with Crippen LogP contribution in [0.15, 0.2) is 42.2 Å². The first-order chi connectivity index (χ1) is 15.8. The molecule has 2 aromatic heterocycles. The Morgan fingerprint density at radius 2 is 2.09 bits per heavy atom. The lowest BCUT2D eigenvalue weighted by atomic mass is 10.3. The van der Waals surface area contributed by atoms with Gasteiger partial charge < -0.3 is 20.7 Å². The molecular weight excluding hydrogens is 449 g/mol. The molecule has 3 atom stereocenters. The number of imidazole rings is 1. The van der Waals surface area contributed by atoms with Gasteiger partial charge in [0.2, 0.25) is 5.95 Å². The van der Waals surface area contributed by atoms with Gasteiger partial charge in [-0.2, -0.15) is 15.1 Å². The summed E-state index contributed by atoms with van der Waals surface area (Å²) in [5, 5.41) is 2.63. The van der Waals surface area contributed by atoms with Crippen molar-refractivity contribution in [2.75, 3.05) is 25.2 Å². The number of carbonyl (C=O) groups is 1. The molecular formula is C20H24N7O5P. The fraction of sp³-hybridized carbons (Fsp3) is 0.300. The number of nitrogen functional groups attached to an aromatic ring is 2. The molecule has 0 aliphatic heterocycles. The van der Waals surface area contributed by atoms with Crippen LogP contribution in [0.1, 0.15) is 13.3 Å². The first-order valence-corrected chi connectivity index (χ1v) is 11.6. The Hall–Kier alpha value is -3.47. The first kappa shape index (κ1) is 22.7. The predicted octanol–water partition coefficient (Wildman–Crippen LogP) is 2.21. The van der Waals surface area contributed by atoms with Gasteiger partial charge in [-0.05, 0) is 31.1 Å². The van der Waals surface area contributed by atoms with E-state index in [1.165, 1.54) is 14.0 Å². The summed E-state index contributed by atoms with van der Waals surface area (Å²) in [7, 11) is -2.63. The Balaban J connectivity index is 1.46. The highest BCUT2D eigenvalue weighted by molar-refractivity contribution is 7.52. The summed E-state index contributed by atoms with van der Waals surface area (Å²) >= 11 is 0. The van der Waals surface area contributed by atoms with Crippen LogP contribution in [-0.2, 0) is 18.6 Å². The van der Waals surface area contributed by atoms with E-state index in [-0.39, 0.29) is 24.3 Å². The van der Waals surface area contributed by atoms with E-state index in [2.05, 4.69) is 20.0 Å². The number of aromatic nitrogens is 4. The molecule has 0 radical (unpaired) electrons. The zero-order chi connectivity index (χ0) is 23.6. The molecule has 4 rings (SSSR count). The van der Waals surface area contributed by atoms with Crippen molar-refractivity contribution in [3.05, 3.63) is 42.2 Å². The zero-order valence-electron chi connectivity index (χ0n) is 18.0. The quantitative estimate of drug-likeness (QED) is 0.307. The number of fused-ring (bicyclic) bond motifs is 1. The van der Waals surface area contributed by atoms with E-state index in [0.29, 0.717) is 23.3 Å². The average molecular weight is 473 g/mol. The number of anilines is 2. The number of nitrogens with two attached hydrogens (primary N) is 2. The van der Waals surface area contributed by atoms with Crippen LogP contribution >= 0.6 is 7.75 Å². The Labute approximate surface area is 189 Å². The van der Waals surface area contributed by atoms with Crippen LogP contribution in [-0.4, -0.2) is 45.2 Å². The number of nitrogens with zero attached hydrogens (tertiary/aromatic N) is 4. The Bertz CT molecular complexity index is 1250. The molecule has 13 heteroatoms. The predicted molar refractivity (Wildman–Crippen MR) is 122 cm³/mol. The molecule has 0 saturated heterocycles. The lowest BCUT2D eigenvalue weighted by molar-refractivity contribution is -0.142. The van der Waals surface area contributed by atoms with E-state index in [1.807, 2.05) is 6.20 Å². The third-order valence-corrected chi connectivity index (χ3v) is 6.58. The van der Waals surface area contributed by atoms with E-state index in [1.54, 1.807) is 41.2 Å². The van der Waals surface area contributed by atoms with Gasteiger partial charge in [0, 0.05) is 12.1 Å². The van der Waals surface area contributed by atoms with Gasteiger partial charge in [-0.1, -0.05) is 18.2 Å². The highest BCUT2D eigenvalue weighted by atomic mass is 31.2. The van der Waals surface area contributed by atoms with Gasteiger partial charge in [0.25, 0.3) is 0 Å². The maximum atomic E-state index is 13.4. The molecule has 0 spiro atoms. The van der Waals surface area contributed by atoms with Crippen LogP contribution in [0.25, 0.3) is 17.4 Å². The lowest BCUT2D eigenvalue weighted by Gasteiger charge is -2.22. The number of benzene rings is 1. The number of ether oxygens (including phenoxy) is 1. The third kappa shape index (κ3) is 5.30. The molecule has 1 fully saturated rings. The van der Waals surface area contributed by atoms with Crippen molar-refractivity contribution in [1.29, 1.82) is 0 Å². The minimum Gasteiger partial charge on any atom is -0.468 e. The van der Waals surface area contributed by atoms with Crippen molar-refractivity contribution in [2.45, 2.75) is 19.4 Å². The number of carbonyl (C=O) groups excluding carboxylic acids is 1. The fourth-order valence-corrected chi connectivity index (χ4v) is 4.68. The van der Waals surface area contributed by atoms with Crippen molar-refractivity contribution in [1.82, 2.24) is 24.6 Å². The summed E-state index contributed by atoms with van der Waals surface area (Å²) in [5.74, 6) is 0.0180. The van der Waals surface area contributed by atoms with E-state index in [4.69, 9.17) is 25.3 Å². The number of methoxy groups -OCH3 is 1. The highest BCUT2D eigenvalue weighted by Gasteiger charge is 2.37. The van der Waals surface area contributed by atoms with Gasteiger partial charge in [-0.15, -0.1) is 0 Å². The zero-order valence-corrected chi connectivity index (χ0v) is 18.9. The topological polar surface area (TPSA) is 169 Å².